The van der Waals surface area contributed by atoms with Crippen LogP contribution < -0.4 is 4.90 Å². The Morgan fingerprint density at radius 2 is 2.11 bits per heavy atom. The second kappa shape index (κ2) is 5.49. The van der Waals surface area contributed by atoms with Crippen LogP contribution in [0, 0.1) is 12.3 Å². The number of carbonyl (C=O) groups is 1. The van der Waals surface area contributed by atoms with Crippen LogP contribution >= 0.6 is 11.3 Å². The van der Waals surface area contributed by atoms with E-state index in [1.807, 2.05) is 6.92 Å². The zero-order valence-corrected chi connectivity index (χ0v) is 13.0. The molecule has 0 aliphatic carbocycles. The fraction of sp³-hybridized carbons (Fsp3) is 0.714. The lowest BCUT2D eigenvalue weighted by Gasteiger charge is -2.38. The van der Waals surface area contributed by atoms with Gasteiger partial charge in [0.2, 0.25) is 0 Å². The average molecular weight is 282 g/mol. The van der Waals surface area contributed by atoms with Gasteiger partial charge in [0.1, 0.15) is 4.88 Å². The molecule has 0 atom stereocenters. The molecule has 0 N–H and O–H groups in total. The molecule has 5 heteroatoms. The zero-order chi connectivity index (χ0) is 14.0. The molecule has 1 fully saturated rings. The highest BCUT2D eigenvalue weighted by molar-refractivity contribution is 7.17. The maximum absolute atomic E-state index is 11.6. The predicted molar refractivity (Wildman–Crippen MR) is 78.0 cm³/mol. The van der Waals surface area contributed by atoms with Crippen molar-refractivity contribution in [2.45, 2.75) is 40.0 Å². The van der Waals surface area contributed by atoms with E-state index in [2.05, 4.69) is 23.7 Å². The highest BCUT2D eigenvalue weighted by Gasteiger charge is 2.30. The highest BCUT2D eigenvalue weighted by atomic mass is 32.1. The van der Waals surface area contributed by atoms with Crippen LogP contribution in [0.15, 0.2) is 0 Å². The van der Waals surface area contributed by atoms with Crippen molar-refractivity contribution in [1.82, 2.24) is 4.98 Å². The van der Waals surface area contributed by atoms with Gasteiger partial charge in [-0.15, -0.1) is 0 Å². The van der Waals surface area contributed by atoms with E-state index in [-0.39, 0.29) is 5.97 Å². The maximum atomic E-state index is 11.6. The summed E-state index contributed by atoms with van der Waals surface area (Å²) in [4.78, 5) is 19.0. The number of rotatable bonds is 3. The van der Waals surface area contributed by atoms with Gasteiger partial charge in [0.15, 0.2) is 5.13 Å². The van der Waals surface area contributed by atoms with Gasteiger partial charge in [-0.05, 0) is 25.2 Å². The van der Waals surface area contributed by atoms with Crippen LogP contribution in [0.3, 0.4) is 0 Å². The molecule has 0 amide bonds. The average Bonchev–Trinajstić information content (AvgIpc) is 2.81. The smallest absolute Gasteiger partial charge is 0.350 e. The third-order valence-corrected chi connectivity index (χ3v) is 5.45. The van der Waals surface area contributed by atoms with Gasteiger partial charge in [-0.25, -0.2) is 9.78 Å². The molecule has 19 heavy (non-hydrogen) atoms. The lowest BCUT2D eigenvalue weighted by atomic mass is 9.78. The topological polar surface area (TPSA) is 42.4 Å². The molecular weight excluding hydrogens is 260 g/mol. The first kappa shape index (κ1) is 14.3. The molecule has 106 valence electrons. The molecule has 4 nitrogen and oxygen atoms in total. The molecule has 2 heterocycles. The minimum absolute atomic E-state index is 0.281. The van der Waals surface area contributed by atoms with E-state index in [0.29, 0.717) is 10.3 Å². The lowest BCUT2D eigenvalue weighted by Crippen LogP contribution is -2.38. The highest BCUT2D eigenvalue weighted by Crippen LogP contribution is 2.37. The van der Waals surface area contributed by atoms with Gasteiger partial charge in [-0.2, -0.15) is 0 Å². The molecule has 0 saturated carbocycles. The first-order valence-electron chi connectivity index (χ1n) is 6.80. The van der Waals surface area contributed by atoms with Crippen molar-refractivity contribution in [3.63, 3.8) is 0 Å². The van der Waals surface area contributed by atoms with Gasteiger partial charge < -0.3 is 9.64 Å². The third kappa shape index (κ3) is 2.91. The van der Waals surface area contributed by atoms with Crippen LogP contribution in [0.5, 0.6) is 0 Å². The number of carbonyl (C=O) groups excluding carboxylic acids is 1. The number of nitrogens with zero attached hydrogens (tertiary/aromatic N) is 2. The van der Waals surface area contributed by atoms with E-state index in [9.17, 15) is 4.79 Å². The standard InChI is InChI=1S/C14H22N2O2S/c1-5-14(3)6-8-16(9-7-14)13-15-10(2)11(19-13)12(17)18-4/h5-9H2,1-4H3. The number of hydrogen-bond acceptors (Lipinski definition) is 5. The van der Waals surface area contributed by atoms with E-state index in [1.54, 1.807) is 0 Å². The molecule has 2 rings (SSSR count). The summed E-state index contributed by atoms with van der Waals surface area (Å²) < 4.78 is 4.78. The van der Waals surface area contributed by atoms with Crippen LogP contribution in [0.2, 0.25) is 0 Å². The monoisotopic (exact) mass is 282 g/mol. The maximum Gasteiger partial charge on any atom is 0.350 e. The van der Waals surface area contributed by atoms with Crippen molar-refractivity contribution in [3.8, 4) is 0 Å². The van der Waals surface area contributed by atoms with E-state index in [0.717, 1.165) is 23.9 Å². The third-order valence-electron chi connectivity index (χ3n) is 4.25. The molecule has 0 spiro atoms. The van der Waals surface area contributed by atoms with Gasteiger partial charge in [0.05, 0.1) is 12.8 Å². The predicted octanol–water partition coefficient (Wildman–Crippen LogP) is 3.25. The van der Waals surface area contributed by atoms with Crippen molar-refractivity contribution in [1.29, 1.82) is 0 Å². The summed E-state index contributed by atoms with van der Waals surface area (Å²) in [5.41, 5.74) is 1.24. The SMILES string of the molecule is CCC1(C)CCN(c2nc(C)c(C(=O)OC)s2)CC1. The largest absolute Gasteiger partial charge is 0.465 e. The lowest BCUT2D eigenvalue weighted by molar-refractivity contribution is 0.0605. The summed E-state index contributed by atoms with van der Waals surface area (Å²) in [5, 5.41) is 0.955. The fourth-order valence-electron chi connectivity index (χ4n) is 2.39. The van der Waals surface area contributed by atoms with Crippen LogP contribution in [0.25, 0.3) is 0 Å². The first-order chi connectivity index (χ1) is 8.99. The molecular formula is C14H22N2O2S. The molecule has 1 aliphatic heterocycles. The Morgan fingerprint density at radius 1 is 1.47 bits per heavy atom. The van der Waals surface area contributed by atoms with Crippen molar-refractivity contribution < 1.29 is 9.53 Å². The van der Waals surface area contributed by atoms with E-state index in [4.69, 9.17) is 4.74 Å². The number of methoxy groups -OCH3 is 1. The molecule has 0 radical (unpaired) electrons. The Morgan fingerprint density at radius 3 is 2.63 bits per heavy atom. The molecule has 0 aromatic carbocycles. The summed E-state index contributed by atoms with van der Waals surface area (Å²) in [6.45, 7) is 8.54. The Balaban J connectivity index is 2.10. The number of aryl methyl sites for hydroxylation is 1. The van der Waals surface area contributed by atoms with Crippen LogP contribution in [0.4, 0.5) is 5.13 Å². The van der Waals surface area contributed by atoms with Gasteiger partial charge >= 0.3 is 5.97 Å². The van der Waals surface area contributed by atoms with Gasteiger partial charge in [0, 0.05) is 13.1 Å². The van der Waals surface area contributed by atoms with Crippen LogP contribution in [0.1, 0.15) is 48.5 Å². The van der Waals surface area contributed by atoms with Gasteiger partial charge in [-0.3, -0.25) is 0 Å². The molecule has 0 bridgehead atoms. The van der Waals surface area contributed by atoms with Crippen LogP contribution in [-0.4, -0.2) is 31.2 Å². The first-order valence-corrected chi connectivity index (χ1v) is 7.61. The van der Waals surface area contributed by atoms with E-state index in [1.165, 1.54) is 37.7 Å². The molecule has 1 saturated heterocycles. The molecule has 1 aromatic rings. The number of esters is 1. The minimum Gasteiger partial charge on any atom is -0.465 e. The summed E-state index contributed by atoms with van der Waals surface area (Å²) in [7, 11) is 1.41. The fourth-order valence-corrected chi connectivity index (χ4v) is 3.43. The van der Waals surface area contributed by atoms with Crippen molar-refractivity contribution in [3.05, 3.63) is 10.6 Å². The second-order valence-corrected chi connectivity index (χ2v) is 6.53. The molecule has 0 unspecified atom stereocenters. The van der Waals surface area contributed by atoms with E-state index < -0.39 is 0 Å². The summed E-state index contributed by atoms with van der Waals surface area (Å²) in [6, 6.07) is 0. The Labute approximate surface area is 118 Å². The van der Waals surface area contributed by atoms with Crippen molar-refractivity contribution >= 4 is 22.4 Å². The van der Waals surface area contributed by atoms with Gasteiger partial charge in [0.25, 0.3) is 0 Å². The van der Waals surface area contributed by atoms with Crippen molar-refractivity contribution in [2.24, 2.45) is 5.41 Å². The minimum atomic E-state index is -0.281. The molecule has 1 aliphatic rings. The summed E-state index contributed by atoms with van der Waals surface area (Å²) >= 11 is 1.45. The van der Waals surface area contributed by atoms with Gasteiger partial charge in [-0.1, -0.05) is 31.6 Å². The zero-order valence-electron chi connectivity index (χ0n) is 12.2. The number of piperidine rings is 1. The van der Waals surface area contributed by atoms with Crippen LogP contribution in [-0.2, 0) is 4.74 Å². The summed E-state index contributed by atoms with van der Waals surface area (Å²) in [5.74, 6) is -0.281. The number of ether oxygens (including phenoxy) is 1. The van der Waals surface area contributed by atoms with Crippen molar-refractivity contribution in [2.75, 3.05) is 25.1 Å². The number of thiazole rings is 1. The quantitative estimate of drug-likeness (QED) is 0.798. The Hall–Kier alpha value is -1.10. The van der Waals surface area contributed by atoms with E-state index >= 15 is 0 Å². The number of aromatic nitrogens is 1. The molecule has 1 aromatic heterocycles. The second-order valence-electron chi connectivity index (χ2n) is 5.55. The Kier molecular flexibility index (Phi) is 4.13. The Bertz CT molecular complexity index is 462. The summed E-state index contributed by atoms with van der Waals surface area (Å²) in [6.07, 6.45) is 3.61. The normalized spacial score (nSPS) is 18.4. The number of anilines is 1. The number of hydrogen-bond donors (Lipinski definition) is 0.